The Kier molecular flexibility index (Phi) is 9.97. The van der Waals surface area contributed by atoms with Crippen molar-refractivity contribution in [3.05, 3.63) is 88.9 Å². The molecule has 40 heavy (non-hydrogen) atoms. The molecule has 0 atom stereocenters. The first kappa shape index (κ1) is 30.3. The first-order valence-electron chi connectivity index (χ1n) is 12.4. The van der Waals surface area contributed by atoms with Gasteiger partial charge < -0.3 is 31.0 Å². The van der Waals surface area contributed by atoms with Crippen LogP contribution >= 0.6 is 0 Å². The third-order valence-corrected chi connectivity index (χ3v) is 6.01. The van der Waals surface area contributed by atoms with E-state index in [1.54, 1.807) is 36.7 Å². The minimum atomic E-state index is -4.60. The van der Waals surface area contributed by atoms with Gasteiger partial charge in [0, 0.05) is 48.0 Å². The molecule has 0 aliphatic heterocycles. The summed E-state index contributed by atoms with van der Waals surface area (Å²) in [5.41, 5.74) is 8.14. The number of halogens is 3. The summed E-state index contributed by atoms with van der Waals surface area (Å²) in [7, 11) is 5.19. The van der Waals surface area contributed by atoms with Crippen molar-refractivity contribution in [2.24, 2.45) is 11.6 Å². The van der Waals surface area contributed by atoms with E-state index in [-0.39, 0.29) is 23.5 Å². The van der Waals surface area contributed by atoms with Crippen LogP contribution in [0.25, 0.3) is 5.70 Å². The minimum Gasteiger partial charge on any atom is -0.495 e. The van der Waals surface area contributed by atoms with E-state index in [4.69, 9.17) is 16.3 Å². The van der Waals surface area contributed by atoms with Crippen LogP contribution in [0.2, 0.25) is 0 Å². The number of nitrogens with one attached hydrogen (secondary N) is 2. The molecule has 0 spiro atoms. The summed E-state index contributed by atoms with van der Waals surface area (Å²) in [5, 5.41) is 6.75. The standard InChI is InChI=1S/C28H34F3N7O2/c1-18-5-6-19(11-21(18)16-38(33)17-25(32)20-12-23(40-4)15-34-14-20)27(39)36-22-7-8-26(35-9-10-37(2)3)24(13-22)28(29,30)31/h5-8,11-15,17,35H,9-10,16,32-33H2,1-4H3,(H,36,39)/b25-17-. The van der Waals surface area contributed by atoms with Crippen molar-refractivity contribution in [2.75, 3.05) is 44.9 Å². The highest BCUT2D eigenvalue weighted by Crippen LogP contribution is 2.36. The van der Waals surface area contributed by atoms with Gasteiger partial charge in [-0.25, -0.2) is 5.84 Å². The predicted octanol–water partition coefficient (Wildman–Crippen LogP) is 4.28. The molecule has 9 nitrogen and oxygen atoms in total. The predicted molar refractivity (Wildman–Crippen MR) is 150 cm³/mol. The lowest BCUT2D eigenvalue weighted by atomic mass is 10.0. The fourth-order valence-electron chi connectivity index (χ4n) is 3.80. The Balaban J connectivity index is 1.75. The Morgan fingerprint density at radius 3 is 2.52 bits per heavy atom. The molecule has 0 bridgehead atoms. The van der Waals surface area contributed by atoms with Gasteiger partial charge in [-0.15, -0.1) is 0 Å². The van der Waals surface area contributed by atoms with E-state index in [0.717, 1.165) is 17.2 Å². The highest BCUT2D eigenvalue weighted by atomic mass is 19.4. The molecule has 0 unspecified atom stereocenters. The highest BCUT2D eigenvalue weighted by Gasteiger charge is 2.34. The number of alkyl halides is 3. The minimum absolute atomic E-state index is 0.0284. The first-order chi connectivity index (χ1) is 18.9. The number of aryl methyl sites for hydroxylation is 1. The van der Waals surface area contributed by atoms with Gasteiger partial charge in [-0.3, -0.25) is 9.78 Å². The summed E-state index contributed by atoms with van der Waals surface area (Å²) in [6.45, 7) is 2.98. The number of ether oxygens (including phenoxy) is 1. The molecule has 0 aliphatic carbocycles. The number of hydrazine groups is 1. The maximum absolute atomic E-state index is 13.7. The lowest BCUT2D eigenvalue weighted by Crippen LogP contribution is -2.26. The van der Waals surface area contributed by atoms with Crippen LogP contribution < -0.4 is 26.9 Å². The monoisotopic (exact) mass is 557 g/mol. The fraction of sp³-hybridized carbons (Fsp3) is 0.286. The molecule has 0 fully saturated rings. The van der Waals surface area contributed by atoms with Crippen LogP contribution in [0.1, 0.15) is 32.6 Å². The van der Waals surface area contributed by atoms with E-state index in [1.807, 2.05) is 25.9 Å². The summed E-state index contributed by atoms with van der Waals surface area (Å²) >= 11 is 0. The number of methoxy groups -OCH3 is 1. The van der Waals surface area contributed by atoms with Crippen LogP contribution in [0, 0.1) is 6.92 Å². The largest absolute Gasteiger partial charge is 0.495 e. The number of nitrogens with zero attached hydrogens (tertiary/aromatic N) is 3. The topological polar surface area (TPSA) is 122 Å². The Hall–Kier alpha value is -4.29. The lowest BCUT2D eigenvalue weighted by molar-refractivity contribution is -0.136. The second kappa shape index (κ2) is 13.2. The van der Waals surface area contributed by atoms with Gasteiger partial charge in [-0.05, 0) is 68.5 Å². The SMILES string of the molecule is COc1cncc(/C(N)=C/N(N)Cc2cc(C(=O)Nc3ccc(NCCN(C)C)c(C(F)(F)F)c3)ccc2C)c1. The van der Waals surface area contributed by atoms with E-state index in [9.17, 15) is 18.0 Å². The van der Waals surface area contributed by atoms with Gasteiger partial charge in [0.2, 0.25) is 0 Å². The van der Waals surface area contributed by atoms with Gasteiger partial charge in [0.15, 0.2) is 0 Å². The van der Waals surface area contributed by atoms with Crippen LogP contribution in [0.4, 0.5) is 24.5 Å². The zero-order valence-electron chi connectivity index (χ0n) is 22.8. The van der Waals surface area contributed by atoms with Gasteiger partial charge in [-0.1, -0.05) is 6.07 Å². The van der Waals surface area contributed by atoms with Crippen molar-refractivity contribution in [1.29, 1.82) is 0 Å². The van der Waals surface area contributed by atoms with Gasteiger partial charge in [0.05, 0.1) is 31.1 Å². The molecule has 0 radical (unpaired) electrons. The molecule has 214 valence electrons. The number of carbonyl (C=O) groups excluding carboxylic acids is 1. The number of amides is 1. The van der Waals surface area contributed by atoms with Gasteiger partial charge in [0.1, 0.15) is 5.75 Å². The number of nitrogens with two attached hydrogens (primary N) is 2. The molecule has 1 aromatic heterocycles. The number of pyridine rings is 1. The maximum atomic E-state index is 13.7. The van der Waals surface area contributed by atoms with Gasteiger partial charge in [0.25, 0.3) is 5.91 Å². The average Bonchev–Trinajstić information content (AvgIpc) is 2.89. The van der Waals surface area contributed by atoms with E-state index in [0.29, 0.717) is 30.1 Å². The normalized spacial score (nSPS) is 11.9. The van der Waals surface area contributed by atoms with Crippen molar-refractivity contribution in [1.82, 2.24) is 14.9 Å². The molecule has 1 heterocycles. The fourth-order valence-corrected chi connectivity index (χ4v) is 3.80. The summed E-state index contributed by atoms with van der Waals surface area (Å²) in [6, 6.07) is 10.4. The van der Waals surface area contributed by atoms with E-state index in [1.165, 1.54) is 30.5 Å². The van der Waals surface area contributed by atoms with Crippen LogP contribution in [0.5, 0.6) is 5.75 Å². The molecular formula is C28H34F3N7O2. The van der Waals surface area contributed by atoms with E-state index < -0.39 is 17.6 Å². The second-order valence-electron chi connectivity index (χ2n) is 9.45. The number of anilines is 2. The van der Waals surface area contributed by atoms with Crippen molar-refractivity contribution in [2.45, 2.75) is 19.6 Å². The molecular weight excluding hydrogens is 523 g/mol. The van der Waals surface area contributed by atoms with Crippen molar-refractivity contribution < 1.29 is 22.7 Å². The highest BCUT2D eigenvalue weighted by molar-refractivity contribution is 6.04. The summed E-state index contributed by atoms with van der Waals surface area (Å²) in [6.07, 6.45) is 0.0715. The smallest absolute Gasteiger partial charge is 0.418 e. The number of rotatable bonds is 11. The van der Waals surface area contributed by atoms with Crippen molar-refractivity contribution in [3.63, 3.8) is 0 Å². The summed E-state index contributed by atoms with van der Waals surface area (Å²) < 4.78 is 46.3. The third kappa shape index (κ3) is 8.35. The summed E-state index contributed by atoms with van der Waals surface area (Å²) in [5.74, 6) is 6.16. The Morgan fingerprint density at radius 2 is 1.85 bits per heavy atom. The van der Waals surface area contributed by atoms with Crippen LogP contribution in [-0.4, -0.2) is 55.1 Å². The number of carbonyl (C=O) groups is 1. The Labute approximate surface area is 231 Å². The molecule has 0 saturated heterocycles. The maximum Gasteiger partial charge on any atom is 0.418 e. The quantitative estimate of drug-likeness (QED) is 0.204. The first-order valence-corrected chi connectivity index (χ1v) is 12.4. The van der Waals surface area contributed by atoms with E-state index in [2.05, 4.69) is 15.6 Å². The zero-order valence-corrected chi connectivity index (χ0v) is 22.8. The Morgan fingerprint density at radius 1 is 1.10 bits per heavy atom. The third-order valence-electron chi connectivity index (χ3n) is 6.01. The Bertz CT molecular complexity index is 1360. The molecule has 3 rings (SSSR count). The number of benzene rings is 2. The molecule has 0 saturated carbocycles. The van der Waals surface area contributed by atoms with Crippen LogP contribution in [-0.2, 0) is 12.7 Å². The van der Waals surface area contributed by atoms with Gasteiger partial charge in [-0.2, -0.15) is 13.2 Å². The van der Waals surface area contributed by atoms with Crippen LogP contribution in [0.15, 0.2) is 61.1 Å². The number of likely N-dealkylation sites (N-methyl/N-ethyl adjacent to an activating group) is 1. The van der Waals surface area contributed by atoms with Crippen LogP contribution in [0.3, 0.4) is 0 Å². The average molecular weight is 558 g/mol. The molecule has 6 N–H and O–H groups in total. The molecule has 2 aromatic carbocycles. The number of hydrogen-bond donors (Lipinski definition) is 4. The molecule has 3 aromatic rings. The van der Waals surface area contributed by atoms with E-state index >= 15 is 0 Å². The molecule has 1 amide bonds. The number of hydrogen-bond acceptors (Lipinski definition) is 8. The molecule has 12 heteroatoms. The molecule has 0 aliphatic rings. The second-order valence-corrected chi connectivity index (χ2v) is 9.45. The van der Waals surface area contributed by atoms with Gasteiger partial charge >= 0.3 is 6.18 Å². The zero-order chi connectivity index (χ0) is 29.4. The number of aromatic nitrogens is 1. The van der Waals surface area contributed by atoms with Crippen molar-refractivity contribution >= 4 is 23.0 Å². The van der Waals surface area contributed by atoms with Crippen molar-refractivity contribution in [3.8, 4) is 5.75 Å². The lowest BCUT2D eigenvalue weighted by Gasteiger charge is -2.18. The summed E-state index contributed by atoms with van der Waals surface area (Å²) in [4.78, 5) is 18.9.